The molecule has 0 aliphatic heterocycles. The predicted molar refractivity (Wildman–Crippen MR) is 122 cm³/mol. The van der Waals surface area contributed by atoms with Crippen molar-refractivity contribution in [1.29, 1.82) is 0 Å². The van der Waals surface area contributed by atoms with Crippen LogP contribution in [0.15, 0.2) is 60.7 Å². The number of amides is 1. The van der Waals surface area contributed by atoms with Crippen LogP contribution in [-0.2, 0) is 19.0 Å². The molecule has 11 heteroatoms. The van der Waals surface area contributed by atoms with E-state index in [-0.39, 0.29) is 18.0 Å². The average molecular weight is 465 g/mol. The van der Waals surface area contributed by atoms with Crippen molar-refractivity contribution in [3.05, 3.63) is 76.4 Å². The van der Waals surface area contributed by atoms with Crippen LogP contribution < -0.4 is 11.1 Å². The molecule has 0 aromatic heterocycles. The molecule has 1 aromatic rings. The Morgan fingerprint density at radius 1 is 1.27 bits per heavy atom. The van der Waals surface area contributed by atoms with E-state index in [1.807, 2.05) is 17.9 Å². The fraction of sp³-hybridized carbons (Fsp3) is 0.409. The molecule has 0 saturated carbocycles. The summed E-state index contributed by atoms with van der Waals surface area (Å²) in [6.07, 6.45) is 5.90. The summed E-state index contributed by atoms with van der Waals surface area (Å²) in [5.74, 6) is -0.327. The Morgan fingerprint density at radius 3 is 2.48 bits per heavy atom. The topological polar surface area (TPSA) is 149 Å². The van der Waals surface area contributed by atoms with E-state index in [0.717, 1.165) is 5.70 Å². The zero-order valence-electron chi connectivity index (χ0n) is 19.0. The van der Waals surface area contributed by atoms with Crippen LogP contribution in [0.1, 0.15) is 25.0 Å². The number of rotatable bonds is 15. The van der Waals surface area contributed by atoms with Crippen molar-refractivity contribution < 1.29 is 29.0 Å². The molecule has 1 amide bonds. The van der Waals surface area contributed by atoms with Gasteiger partial charge in [0.25, 0.3) is 5.69 Å². The summed E-state index contributed by atoms with van der Waals surface area (Å²) in [4.78, 5) is 24.8. The smallest absolute Gasteiger partial charge is 0.269 e. The van der Waals surface area contributed by atoms with Gasteiger partial charge in [-0.15, -0.1) is 0 Å². The van der Waals surface area contributed by atoms with Crippen molar-refractivity contribution >= 4 is 11.6 Å². The minimum atomic E-state index is -1.60. The molecule has 0 fully saturated rings. The third-order valence-corrected chi connectivity index (χ3v) is 4.46. The monoisotopic (exact) mass is 464 g/mol. The Morgan fingerprint density at radius 2 is 1.94 bits per heavy atom. The van der Waals surface area contributed by atoms with E-state index in [1.54, 1.807) is 38.9 Å². The van der Waals surface area contributed by atoms with Crippen molar-refractivity contribution in [2.24, 2.45) is 5.73 Å². The van der Waals surface area contributed by atoms with Gasteiger partial charge in [-0.2, -0.15) is 0 Å². The average Bonchev–Trinajstić information content (AvgIpc) is 2.78. The van der Waals surface area contributed by atoms with E-state index in [2.05, 4.69) is 5.32 Å². The quantitative estimate of drug-likeness (QED) is 0.116. The molecule has 1 aromatic carbocycles. The van der Waals surface area contributed by atoms with Crippen molar-refractivity contribution in [2.75, 3.05) is 33.9 Å². The number of nitro benzene ring substituents is 1. The SMILES string of the molecule is CCN(CCNC(=O)CC(OC(N)O)c1ccc([N+](=O)[O-])cc1)C(C=COC)=CC=COC. The number of aliphatic hydroxyl groups excluding tert-OH is 1. The number of benzene rings is 1. The van der Waals surface area contributed by atoms with Gasteiger partial charge >= 0.3 is 0 Å². The van der Waals surface area contributed by atoms with Crippen molar-refractivity contribution in [2.45, 2.75) is 25.9 Å². The van der Waals surface area contributed by atoms with Crippen LogP contribution in [0.25, 0.3) is 0 Å². The van der Waals surface area contributed by atoms with Gasteiger partial charge in [0.05, 0.1) is 44.2 Å². The van der Waals surface area contributed by atoms with Crippen molar-refractivity contribution in [1.82, 2.24) is 10.2 Å². The minimum absolute atomic E-state index is 0.0957. The molecule has 4 N–H and O–H groups in total. The summed E-state index contributed by atoms with van der Waals surface area (Å²) in [7, 11) is 3.11. The van der Waals surface area contributed by atoms with Crippen LogP contribution >= 0.6 is 0 Å². The van der Waals surface area contributed by atoms with Gasteiger partial charge in [-0.3, -0.25) is 20.6 Å². The fourth-order valence-corrected chi connectivity index (χ4v) is 2.88. The molecule has 182 valence electrons. The Balaban J connectivity index is 2.76. The second kappa shape index (κ2) is 15.4. The molecule has 33 heavy (non-hydrogen) atoms. The maximum Gasteiger partial charge on any atom is 0.269 e. The maximum atomic E-state index is 12.5. The number of hydrogen-bond donors (Lipinski definition) is 3. The number of nitrogens with one attached hydrogen (secondary N) is 1. The van der Waals surface area contributed by atoms with E-state index >= 15 is 0 Å². The van der Waals surface area contributed by atoms with Crippen molar-refractivity contribution in [3.8, 4) is 0 Å². The molecule has 0 radical (unpaired) electrons. The Labute approximate surface area is 193 Å². The van der Waals surface area contributed by atoms with Crippen LogP contribution in [0.2, 0.25) is 0 Å². The lowest BCUT2D eigenvalue weighted by Gasteiger charge is -2.24. The Kier molecular flexibility index (Phi) is 12.9. The summed E-state index contributed by atoms with van der Waals surface area (Å²) >= 11 is 0. The van der Waals surface area contributed by atoms with Gasteiger partial charge in [-0.05, 0) is 42.8 Å². The highest BCUT2D eigenvalue weighted by Crippen LogP contribution is 2.24. The molecule has 0 bridgehead atoms. The summed E-state index contributed by atoms with van der Waals surface area (Å²) in [5, 5.41) is 23.1. The number of aliphatic hydroxyl groups is 1. The molecule has 0 spiro atoms. The zero-order valence-corrected chi connectivity index (χ0v) is 19.0. The van der Waals surface area contributed by atoms with Crippen LogP contribution in [-0.4, -0.2) is 61.1 Å². The number of ether oxygens (including phenoxy) is 3. The van der Waals surface area contributed by atoms with Gasteiger partial charge in [-0.1, -0.05) is 0 Å². The normalized spacial score (nSPS) is 13.7. The van der Waals surface area contributed by atoms with Crippen LogP contribution in [0.5, 0.6) is 0 Å². The molecule has 2 unspecified atom stereocenters. The first-order chi connectivity index (χ1) is 15.8. The highest BCUT2D eigenvalue weighted by Gasteiger charge is 2.20. The maximum absolute atomic E-state index is 12.5. The number of allylic oxidation sites excluding steroid dienone is 3. The van der Waals surface area contributed by atoms with Gasteiger partial charge in [0.15, 0.2) is 0 Å². The van der Waals surface area contributed by atoms with Crippen LogP contribution in [0.3, 0.4) is 0 Å². The van der Waals surface area contributed by atoms with Gasteiger partial charge in [-0.25, -0.2) is 0 Å². The van der Waals surface area contributed by atoms with E-state index in [1.165, 1.54) is 24.3 Å². The number of likely N-dealkylation sites (N-methyl/N-ethyl adjacent to an activating group) is 1. The van der Waals surface area contributed by atoms with Gasteiger partial charge in [0, 0.05) is 37.5 Å². The molecule has 0 aliphatic rings. The first kappa shape index (κ1) is 27.6. The van der Waals surface area contributed by atoms with Crippen LogP contribution in [0, 0.1) is 10.1 Å². The highest BCUT2D eigenvalue weighted by molar-refractivity contribution is 5.76. The summed E-state index contributed by atoms with van der Waals surface area (Å²) in [5.41, 5.74) is 6.56. The highest BCUT2D eigenvalue weighted by atomic mass is 16.6. The first-order valence-corrected chi connectivity index (χ1v) is 10.3. The second-order valence-corrected chi connectivity index (χ2v) is 6.69. The van der Waals surface area contributed by atoms with Gasteiger partial charge in [0.2, 0.25) is 12.3 Å². The number of hydrogen-bond acceptors (Lipinski definition) is 9. The summed E-state index contributed by atoms with van der Waals surface area (Å²) in [6, 6.07) is 5.52. The molecule has 1 rings (SSSR count). The van der Waals surface area contributed by atoms with E-state index in [9.17, 15) is 20.0 Å². The first-order valence-electron chi connectivity index (χ1n) is 10.3. The molecule has 11 nitrogen and oxygen atoms in total. The molecule has 0 saturated heterocycles. The summed E-state index contributed by atoms with van der Waals surface area (Å²) in [6.45, 7) is 3.53. The molecule has 0 heterocycles. The zero-order chi connectivity index (χ0) is 24.6. The number of carbonyl (C=O) groups is 1. The van der Waals surface area contributed by atoms with Gasteiger partial charge < -0.3 is 29.5 Å². The van der Waals surface area contributed by atoms with Crippen molar-refractivity contribution in [3.63, 3.8) is 0 Å². The number of nitrogens with zero attached hydrogens (tertiary/aromatic N) is 2. The number of carbonyl (C=O) groups excluding carboxylic acids is 1. The number of methoxy groups -OCH3 is 2. The fourth-order valence-electron chi connectivity index (χ4n) is 2.88. The largest absolute Gasteiger partial charge is 0.504 e. The second-order valence-electron chi connectivity index (χ2n) is 6.69. The van der Waals surface area contributed by atoms with E-state index in [0.29, 0.717) is 25.2 Å². The lowest BCUT2D eigenvalue weighted by Crippen LogP contribution is -2.35. The molecule has 2 atom stereocenters. The summed E-state index contributed by atoms with van der Waals surface area (Å²) < 4.78 is 15.1. The number of nitrogens with two attached hydrogens (primary N) is 1. The minimum Gasteiger partial charge on any atom is -0.504 e. The Hall–Kier alpha value is -3.41. The number of non-ortho nitro benzene ring substituents is 1. The standard InChI is InChI=1S/C22H32N4O7/c1-4-25(18(11-15-32-3)6-5-14-31-2)13-12-24-21(27)16-20(33-22(23)28)17-7-9-19(10-8-17)26(29)30/h5-11,14-15,20,22,28H,4,12-13,16,23H2,1-3H3,(H,24,27). The molecular weight excluding hydrogens is 432 g/mol. The Bertz CT molecular complexity index is 823. The lowest BCUT2D eigenvalue weighted by molar-refractivity contribution is -0.384. The number of nitro groups is 1. The van der Waals surface area contributed by atoms with E-state index in [4.69, 9.17) is 19.9 Å². The third-order valence-electron chi connectivity index (χ3n) is 4.46. The molecular formula is C22H32N4O7. The van der Waals surface area contributed by atoms with Crippen LogP contribution in [0.4, 0.5) is 5.69 Å². The molecule has 0 aliphatic carbocycles. The van der Waals surface area contributed by atoms with Gasteiger partial charge in [0.1, 0.15) is 0 Å². The van der Waals surface area contributed by atoms with E-state index < -0.39 is 17.4 Å². The predicted octanol–water partition coefficient (Wildman–Crippen LogP) is 1.92. The lowest BCUT2D eigenvalue weighted by atomic mass is 10.1. The third kappa shape index (κ3) is 10.6.